The van der Waals surface area contributed by atoms with E-state index in [2.05, 4.69) is 31.0 Å². The number of hydrogen-bond acceptors (Lipinski definition) is 3. The second-order valence-corrected chi connectivity index (χ2v) is 5.89. The summed E-state index contributed by atoms with van der Waals surface area (Å²) in [5.74, 6) is 0.278. The smallest absolute Gasteiger partial charge is 0.243 e. The van der Waals surface area contributed by atoms with Crippen LogP contribution in [0.15, 0.2) is 0 Å². The third kappa shape index (κ3) is 2.28. The number of rotatable bonds is 4. The Labute approximate surface area is 111 Å². The summed E-state index contributed by atoms with van der Waals surface area (Å²) >= 11 is 0. The molecule has 2 aliphatic rings. The number of nitrogens with zero attached hydrogens (tertiary/aromatic N) is 2. The lowest BCUT2D eigenvalue weighted by Crippen LogP contribution is -2.45. The molecule has 0 spiro atoms. The van der Waals surface area contributed by atoms with Crippen molar-refractivity contribution in [1.29, 1.82) is 0 Å². The van der Waals surface area contributed by atoms with Gasteiger partial charge in [0.2, 0.25) is 5.91 Å². The Morgan fingerprint density at radius 1 is 1.44 bits per heavy atom. The topological polar surface area (TPSA) is 35.6 Å². The van der Waals surface area contributed by atoms with Gasteiger partial charge in [-0.2, -0.15) is 0 Å². The highest BCUT2D eigenvalue weighted by Gasteiger charge is 2.45. The van der Waals surface area contributed by atoms with Gasteiger partial charge in [0.05, 0.1) is 11.7 Å². The van der Waals surface area contributed by atoms with Gasteiger partial charge in [0.25, 0.3) is 0 Å². The number of likely N-dealkylation sites (tertiary alicyclic amines) is 1. The number of nitrogens with one attached hydrogen (secondary N) is 1. The van der Waals surface area contributed by atoms with Crippen LogP contribution in [0, 0.1) is 0 Å². The maximum atomic E-state index is 12.5. The molecule has 0 aliphatic carbocycles. The Morgan fingerprint density at radius 2 is 2.17 bits per heavy atom. The average molecular weight is 253 g/mol. The van der Waals surface area contributed by atoms with Gasteiger partial charge >= 0.3 is 0 Å². The first-order chi connectivity index (χ1) is 8.51. The van der Waals surface area contributed by atoms with Crippen molar-refractivity contribution in [3.8, 4) is 0 Å². The molecule has 0 radical (unpaired) electrons. The first-order valence-corrected chi connectivity index (χ1v) is 7.34. The zero-order valence-corrected chi connectivity index (χ0v) is 12.2. The quantitative estimate of drug-likeness (QED) is 0.823. The minimum atomic E-state index is -0.352. The lowest BCUT2D eigenvalue weighted by molar-refractivity contribution is -0.133. The van der Waals surface area contributed by atoms with Gasteiger partial charge < -0.3 is 4.90 Å². The summed E-state index contributed by atoms with van der Waals surface area (Å²) < 4.78 is 0. The van der Waals surface area contributed by atoms with Gasteiger partial charge in [-0.15, -0.1) is 0 Å². The summed E-state index contributed by atoms with van der Waals surface area (Å²) in [5.41, 5.74) is -0.352. The van der Waals surface area contributed by atoms with E-state index in [9.17, 15) is 4.79 Å². The summed E-state index contributed by atoms with van der Waals surface area (Å²) in [6.45, 7) is 11.6. The third-order valence-electron chi connectivity index (χ3n) is 4.75. The van der Waals surface area contributed by atoms with Crippen LogP contribution in [0.1, 0.15) is 47.0 Å². The number of carbonyl (C=O) groups excluding carboxylic acids is 1. The molecular weight excluding hydrogens is 226 g/mol. The SMILES string of the molecule is CCN1CCCC1CN1C(=O)C(C)(CC)NC1C. The number of likely N-dealkylation sites (N-methyl/N-ethyl adjacent to an activating group) is 1. The predicted molar refractivity (Wildman–Crippen MR) is 73.3 cm³/mol. The summed E-state index contributed by atoms with van der Waals surface area (Å²) in [7, 11) is 0. The van der Waals surface area contributed by atoms with E-state index in [-0.39, 0.29) is 17.6 Å². The molecule has 3 unspecified atom stereocenters. The van der Waals surface area contributed by atoms with Gasteiger partial charge in [-0.25, -0.2) is 0 Å². The standard InChI is InChI=1S/C14H27N3O/c1-5-14(4)13(18)17(11(3)15-14)10-12-8-7-9-16(12)6-2/h11-12,15H,5-10H2,1-4H3. The molecule has 3 atom stereocenters. The molecule has 4 heteroatoms. The molecule has 0 aromatic rings. The molecule has 0 aromatic heterocycles. The molecule has 2 heterocycles. The highest BCUT2D eigenvalue weighted by molar-refractivity contribution is 5.88. The molecule has 0 aromatic carbocycles. The lowest BCUT2D eigenvalue weighted by atomic mass is 9.99. The highest BCUT2D eigenvalue weighted by Crippen LogP contribution is 2.26. The molecule has 2 saturated heterocycles. The van der Waals surface area contributed by atoms with E-state index in [1.807, 2.05) is 11.8 Å². The normalized spacial score (nSPS) is 37.8. The van der Waals surface area contributed by atoms with E-state index in [0.717, 1.165) is 19.5 Å². The van der Waals surface area contributed by atoms with E-state index < -0.39 is 0 Å². The zero-order valence-electron chi connectivity index (χ0n) is 12.2. The monoisotopic (exact) mass is 253 g/mol. The number of hydrogen-bond donors (Lipinski definition) is 1. The van der Waals surface area contributed by atoms with Crippen LogP contribution < -0.4 is 5.32 Å². The van der Waals surface area contributed by atoms with Crippen molar-refractivity contribution < 1.29 is 4.79 Å². The fourth-order valence-corrected chi connectivity index (χ4v) is 3.33. The molecule has 104 valence electrons. The van der Waals surface area contributed by atoms with Crippen LogP contribution in [0.25, 0.3) is 0 Å². The van der Waals surface area contributed by atoms with Crippen molar-refractivity contribution in [3.63, 3.8) is 0 Å². The van der Waals surface area contributed by atoms with Crippen LogP contribution in [0.5, 0.6) is 0 Å². The highest BCUT2D eigenvalue weighted by atomic mass is 16.2. The Balaban J connectivity index is 2.03. The molecule has 4 nitrogen and oxygen atoms in total. The zero-order chi connectivity index (χ0) is 13.3. The largest absolute Gasteiger partial charge is 0.324 e. The van der Waals surface area contributed by atoms with Gasteiger partial charge in [0.15, 0.2) is 0 Å². The fraction of sp³-hybridized carbons (Fsp3) is 0.929. The van der Waals surface area contributed by atoms with E-state index in [1.165, 1.54) is 19.4 Å². The van der Waals surface area contributed by atoms with Crippen molar-refractivity contribution in [2.24, 2.45) is 0 Å². The van der Waals surface area contributed by atoms with E-state index in [4.69, 9.17) is 0 Å². The molecule has 2 fully saturated rings. The maximum Gasteiger partial charge on any atom is 0.243 e. The first-order valence-electron chi connectivity index (χ1n) is 7.34. The van der Waals surface area contributed by atoms with Gasteiger partial charge in [-0.3, -0.25) is 15.0 Å². The molecule has 2 aliphatic heterocycles. The van der Waals surface area contributed by atoms with Crippen LogP contribution >= 0.6 is 0 Å². The second kappa shape index (κ2) is 5.17. The average Bonchev–Trinajstić information content (AvgIpc) is 2.88. The summed E-state index contributed by atoms with van der Waals surface area (Å²) in [6, 6.07) is 0.558. The third-order valence-corrected chi connectivity index (χ3v) is 4.75. The van der Waals surface area contributed by atoms with E-state index in [1.54, 1.807) is 0 Å². The molecule has 18 heavy (non-hydrogen) atoms. The van der Waals surface area contributed by atoms with Gasteiger partial charge in [-0.05, 0) is 46.2 Å². The van der Waals surface area contributed by atoms with E-state index >= 15 is 0 Å². The summed E-state index contributed by atoms with van der Waals surface area (Å²) in [4.78, 5) is 17.0. The van der Waals surface area contributed by atoms with Crippen LogP contribution in [0.3, 0.4) is 0 Å². The van der Waals surface area contributed by atoms with E-state index in [0.29, 0.717) is 6.04 Å². The van der Waals surface area contributed by atoms with Crippen LogP contribution in [-0.2, 0) is 4.79 Å². The molecule has 2 rings (SSSR count). The maximum absolute atomic E-state index is 12.5. The summed E-state index contributed by atoms with van der Waals surface area (Å²) in [6.07, 6.45) is 3.52. The second-order valence-electron chi connectivity index (χ2n) is 5.89. The Hall–Kier alpha value is -0.610. The van der Waals surface area contributed by atoms with Gasteiger partial charge in [0.1, 0.15) is 0 Å². The van der Waals surface area contributed by atoms with Gasteiger partial charge in [0, 0.05) is 12.6 Å². The predicted octanol–water partition coefficient (Wildman–Crippen LogP) is 1.42. The van der Waals surface area contributed by atoms with Crippen molar-refractivity contribution in [1.82, 2.24) is 15.1 Å². The molecule has 1 N–H and O–H groups in total. The van der Waals surface area contributed by atoms with Crippen LogP contribution in [0.4, 0.5) is 0 Å². The van der Waals surface area contributed by atoms with Crippen molar-refractivity contribution in [2.45, 2.75) is 64.7 Å². The molecular formula is C14H27N3O. The Bertz CT molecular complexity index is 320. The lowest BCUT2D eigenvalue weighted by Gasteiger charge is -2.30. The summed E-state index contributed by atoms with van der Waals surface area (Å²) in [5, 5.41) is 3.44. The van der Waals surface area contributed by atoms with Crippen molar-refractivity contribution >= 4 is 5.91 Å². The fourth-order valence-electron chi connectivity index (χ4n) is 3.33. The minimum absolute atomic E-state index is 0.168. The minimum Gasteiger partial charge on any atom is -0.324 e. The number of amides is 1. The van der Waals surface area contributed by atoms with Crippen molar-refractivity contribution in [2.75, 3.05) is 19.6 Å². The molecule has 0 saturated carbocycles. The number of carbonyl (C=O) groups is 1. The van der Waals surface area contributed by atoms with Crippen molar-refractivity contribution in [3.05, 3.63) is 0 Å². The van der Waals surface area contributed by atoms with Crippen LogP contribution in [-0.4, -0.2) is 53.1 Å². The molecule has 0 bridgehead atoms. The first kappa shape index (κ1) is 13.8. The van der Waals surface area contributed by atoms with Gasteiger partial charge in [-0.1, -0.05) is 13.8 Å². The Kier molecular flexibility index (Phi) is 3.97. The Morgan fingerprint density at radius 3 is 2.72 bits per heavy atom. The van der Waals surface area contributed by atoms with Crippen LogP contribution in [0.2, 0.25) is 0 Å². The molecule has 1 amide bonds.